The third-order valence-electron chi connectivity index (χ3n) is 5.70. The maximum atomic E-state index is 12.9. The van der Waals surface area contributed by atoms with Gasteiger partial charge in [-0.1, -0.05) is 17.7 Å². The van der Waals surface area contributed by atoms with Crippen molar-refractivity contribution in [3.05, 3.63) is 64.6 Å². The number of pyridine rings is 1. The van der Waals surface area contributed by atoms with E-state index in [0.717, 1.165) is 53.6 Å². The van der Waals surface area contributed by atoms with Crippen molar-refractivity contribution in [1.82, 2.24) is 19.5 Å². The summed E-state index contributed by atoms with van der Waals surface area (Å²) in [5.41, 5.74) is 7.20. The van der Waals surface area contributed by atoms with Gasteiger partial charge in [0.2, 0.25) is 10.0 Å². The van der Waals surface area contributed by atoms with Gasteiger partial charge in [0.1, 0.15) is 0 Å². The maximum Gasteiger partial charge on any atom is 0.241 e. The van der Waals surface area contributed by atoms with Gasteiger partial charge >= 0.3 is 0 Å². The van der Waals surface area contributed by atoms with Crippen LogP contribution < -0.4 is 4.72 Å². The molecule has 0 fully saturated rings. The van der Waals surface area contributed by atoms with E-state index in [0.29, 0.717) is 18.0 Å². The van der Waals surface area contributed by atoms with Crippen LogP contribution in [-0.2, 0) is 29.4 Å². The van der Waals surface area contributed by atoms with E-state index in [1.165, 1.54) is 11.3 Å². The van der Waals surface area contributed by atoms with Gasteiger partial charge in [0.25, 0.3) is 0 Å². The average molecular weight is 425 g/mol. The van der Waals surface area contributed by atoms with Crippen LogP contribution >= 0.6 is 0 Å². The van der Waals surface area contributed by atoms with Crippen molar-refractivity contribution in [2.75, 3.05) is 6.54 Å². The highest BCUT2D eigenvalue weighted by Gasteiger charge is 2.23. The second kappa shape index (κ2) is 8.32. The minimum Gasteiger partial charge on any atom is -0.267 e. The number of sulfonamides is 1. The molecular formula is C23H28N4O2S. The van der Waals surface area contributed by atoms with Crippen molar-refractivity contribution < 1.29 is 8.42 Å². The van der Waals surface area contributed by atoms with Crippen molar-refractivity contribution >= 4 is 10.0 Å². The Labute approximate surface area is 178 Å². The molecule has 1 aromatic carbocycles. The third kappa shape index (κ3) is 4.04. The molecule has 0 saturated carbocycles. The van der Waals surface area contributed by atoms with Crippen molar-refractivity contribution in [1.29, 1.82) is 0 Å². The lowest BCUT2D eigenvalue weighted by Crippen LogP contribution is -2.29. The Kier molecular flexibility index (Phi) is 5.75. The quantitative estimate of drug-likeness (QED) is 0.654. The van der Waals surface area contributed by atoms with Crippen LogP contribution in [0.1, 0.15) is 40.8 Å². The Morgan fingerprint density at radius 1 is 1.03 bits per heavy atom. The van der Waals surface area contributed by atoms with E-state index < -0.39 is 10.0 Å². The van der Waals surface area contributed by atoms with E-state index in [9.17, 15) is 8.42 Å². The van der Waals surface area contributed by atoms with Crippen LogP contribution in [-0.4, -0.2) is 29.7 Å². The zero-order valence-corrected chi connectivity index (χ0v) is 18.6. The monoisotopic (exact) mass is 424 g/mol. The summed E-state index contributed by atoms with van der Waals surface area (Å²) in [5, 5.41) is 4.86. The molecule has 2 heterocycles. The molecular weight excluding hydrogens is 396 g/mol. The molecule has 7 heteroatoms. The SMILES string of the molecule is Cc1cc(C)c(S(=O)(=O)NCCn2nc(-c3ccncc3)c3c2CCCC3)c(C)c1. The van der Waals surface area contributed by atoms with E-state index >= 15 is 0 Å². The van der Waals surface area contributed by atoms with Crippen LogP contribution in [0.3, 0.4) is 0 Å². The Bertz CT molecular complexity index is 1140. The molecule has 0 atom stereocenters. The molecule has 1 N–H and O–H groups in total. The van der Waals surface area contributed by atoms with Crippen LogP contribution in [0.5, 0.6) is 0 Å². The van der Waals surface area contributed by atoms with Gasteiger partial charge in [-0.25, -0.2) is 13.1 Å². The zero-order valence-electron chi connectivity index (χ0n) is 17.8. The van der Waals surface area contributed by atoms with Gasteiger partial charge in [0.05, 0.1) is 17.1 Å². The Hall–Kier alpha value is -2.51. The summed E-state index contributed by atoms with van der Waals surface area (Å²) in [7, 11) is -3.57. The number of aromatic nitrogens is 3. The van der Waals surface area contributed by atoms with Gasteiger partial charge in [-0.05, 0) is 69.7 Å². The minimum absolute atomic E-state index is 0.305. The smallest absolute Gasteiger partial charge is 0.241 e. The van der Waals surface area contributed by atoms with Crippen molar-refractivity contribution in [2.24, 2.45) is 0 Å². The third-order valence-corrected chi connectivity index (χ3v) is 7.47. The highest BCUT2D eigenvalue weighted by atomic mass is 32.2. The molecule has 0 bridgehead atoms. The summed E-state index contributed by atoms with van der Waals surface area (Å²) < 4.78 is 30.7. The Morgan fingerprint density at radius 3 is 2.40 bits per heavy atom. The molecule has 0 saturated heterocycles. The van der Waals surface area contributed by atoms with Gasteiger partial charge in [0, 0.05) is 35.8 Å². The fourth-order valence-electron chi connectivity index (χ4n) is 4.55. The van der Waals surface area contributed by atoms with Gasteiger partial charge in [0.15, 0.2) is 0 Å². The second-order valence-corrected chi connectivity index (χ2v) is 9.77. The predicted octanol–water partition coefficient (Wildman–Crippen LogP) is 3.73. The number of nitrogens with one attached hydrogen (secondary N) is 1. The summed E-state index contributed by atoms with van der Waals surface area (Å²) in [6, 6.07) is 7.78. The van der Waals surface area contributed by atoms with Crippen LogP contribution in [0.4, 0.5) is 0 Å². The molecule has 4 rings (SSSR count). The van der Waals surface area contributed by atoms with Crippen molar-refractivity contribution in [3.8, 4) is 11.3 Å². The Balaban J connectivity index is 1.56. The van der Waals surface area contributed by atoms with Crippen LogP contribution in [0, 0.1) is 20.8 Å². The second-order valence-electron chi connectivity index (χ2n) is 8.07. The first kappa shape index (κ1) is 20.8. The number of fused-ring (bicyclic) bond motifs is 1. The zero-order chi connectivity index (χ0) is 21.3. The first-order chi connectivity index (χ1) is 14.4. The molecule has 3 aromatic rings. The van der Waals surface area contributed by atoms with E-state index in [4.69, 9.17) is 5.10 Å². The normalized spacial score (nSPS) is 14.0. The van der Waals surface area contributed by atoms with Crippen LogP contribution in [0.25, 0.3) is 11.3 Å². The highest BCUT2D eigenvalue weighted by Crippen LogP contribution is 2.31. The largest absolute Gasteiger partial charge is 0.267 e. The number of hydrogen-bond acceptors (Lipinski definition) is 4. The molecule has 30 heavy (non-hydrogen) atoms. The molecule has 0 radical (unpaired) electrons. The minimum atomic E-state index is -3.57. The standard InChI is InChI=1S/C23H28N4O2S/c1-16-14-17(2)23(18(3)15-16)30(28,29)25-12-13-27-21-7-5-4-6-20(21)22(26-27)19-8-10-24-11-9-19/h8-11,14-15,25H,4-7,12-13H2,1-3H3. The molecule has 2 aromatic heterocycles. The lowest BCUT2D eigenvalue weighted by atomic mass is 9.94. The van der Waals surface area contributed by atoms with Crippen molar-refractivity contribution in [3.63, 3.8) is 0 Å². The van der Waals surface area contributed by atoms with E-state index in [-0.39, 0.29) is 0 Å². The number of aryl methyl sites for hydroxylation is 3. The molecule has 158 valence electrons. The summed E-state index contributed by atoms with van der Waals surface area (Å²) >= 11 is 0. The summed E-state index contributed by atoms with van der Waals surface area (Å²) in [5.74, 6) is 0. The summed E-state index contributed by atoms with van der Waals surface area (Å²) in [4.78, 5) is 4.49. The summed E-state index contributed by atoms with van der Waals surface area (Å²) in [6.45, 7) is 6.49. The highest BCUT2D eigenvalue weighted by molar-refractivity contribution is 7.89. The molecule has 0 aliphatic heterocycles. The number of hydrogen-bond donors (Lipinski definition) is 1. The lowest BCUT2D eigenvalue weighted by Gasteiger charge is -2.15. The molecule has 1 aliphatic rings. The first-order valence-electron chi connectivity index (χ1n) is 10.4. The van der Waals surface area contributed by atoms with E-state index in [2.05, 4.69) is 9.71 Å². The summed E-state index contributed by atoms with van der Waals surface area (Å²) in [6.07, 6.45) is 7.86. The van der Waals surface area contributed by atoms with E-state index in [1.807, 2.05) is 49.7 Å². The van der Waals surface area contributed by atoms with Crippen LogP contribution in [0.2, 0.25) is 0 Å². The van der Waals surface area contributed by atoms with Crippen molar-refractivity contribution in [2.45, 2.75) is 57.9 Å². The van der Waals surface area contributed by atoms with Gasteiger partial charge in [-0.2, -0.15) is 5.10 Å². The van der Waals surface area contributed by atoms with Gasteiger partial charge in [-0.3, -0.25) is 9.67 Å². The molecule has 6 nitrogen and oxygen atoms in total. The topological polar surface area (TPSA) is 76.9 Å². The average Bonchev–Trinajstić information content (AvgIpc) is 3.06. The fourth-order valence-corrected chi connectivity index (χ4v) is 6.02. The fraction of sp³-hybridized carbons (Fsp3) is 0.391. The maximum absolute atomic E-state index is 12.9. The Morgan fingerprint density at radius 2 is 1.70 bits per heavy atom. The molecule has 1 aliphatic carbocycles. The van der Waals surface area contributed by atoms with E-state index in [1.54, 1.807) is 12.4 Å². The number of nitrogens with zero attached hydrogens (tertiary/aromatic N) is 3. The molecule has 0 amide bonds. The molecule has 0 spiro atoms. The molecule has 0 unspecified atom stereocenters. The van der Waals surface area contributed by atoms with Gasteiger partial charge < -0.3 is 0 Å². The van der Waals surface area contributed by atoms with Crippen LogP contribution in [0.15, 0.2) is 41.6 Å². The van der Waals surface area contributed by atoms with Gasteiger partial charge in [-0.15, -0.1) is 0 Å². The number of rotatable bonds is 6. The predicted molar refractivity (Wildman–Crippen MR) is 118 cm³/mol. The lowest BCUT2D eigenvalue weighted by molar-refractivity contribution is 0.538. The number of benzene rings is 1. The first-order valence-corrected chi connectivity index (χ1v) is 11.9.